The van der Waals surface area contributed by atoms with Gasteiger partial charge in [-0.2, -0.15) is 0 Å². The molecule has 1 atom stereocenters. The van der Waals surface area contributed by atoms with Gasteiger partial charge in [0, 0.05) is 11.5 Å². The van der Waals surface area contributed by atoms with Crippen molar-refractivity contribution in [2.45, 2.75) is 18.8 Å². The summed E-state index contributed by atoms with van der Waals surface area (Å²) in [5, 5.41) is 0. The Hall–Kier alpha value is -2.09. The van der Waals surface area contributed by atoms with Crippen LogP contribution in [-0.4, -0.2) is 12.9 Å². The molecule has 0 N–H and O–H groups in total. The molecule has 0 fully saturated rings. The molecule has 1 aliphatic rings. The second kappa shape index (κ2) is 4.88. The van der Waals surface area contributed by atoms with Crippen LogP contribution in [0, 0.1) is 0 Å². The fourth-order valence-electron chi connectivity index (χ4n) is 2.77. The predicted molar refractivity (Wildman–Crippen MR) is 74.8 cm³/mol. The Balaban J connectivity index is 1.97. The molecule has 2 aromatic rings. The van der Waals surface area contributed by atoms with Gasteiger partial charge in [0.2, 0.25) is 0 Å². The van der Waals surface area contributed by atoms with Crippen LogP contribution in [0.15, 0.2) is 48.5 Å². The van der Waals surface area contributed by atoms with E-state index in [2.05, 4.69) is 6.07 Å². The molecular weight excluding hydrogens is 236 g/mol. The van der Waals surface area contributed by atoms with Crippen LogP contribution in [0.5, 0.6) is 5.75 Å². The number of ether oxygens (including phenoxy) is 1. The summed E-state index contributed by atoms with van der Waals surface area (Å²) < 4.78 is 5.24. The van der Waals surface area contributed by atoms with Crippen LogP contribution in [0.3, 0.4) is 0 Å². The quantitative estimate of drug-likeness (QED) is 0.816. The first-order valence-electron chi connectivity index (χ1n) is 6.55. The molecule has 0 spiro atoms. The second-order valence-corrected chi connectivity index (χ2v) is 4.89. The molecule has 3 rings (SSSR count). The van der Waals surface area contributed by atoms with Crippen molar-refractivity contribution >= 4 is 5.78 Å². The zero-order valence-corrected chi connectivity index (χ0v) is 10.9. The maximum absolute atomic E-state index is 12.6. The average Bonchev–Trinajstić information content (AvgIpc) is 2.48. The van der Waals surface area contributed by atoms with Gasteiger partial charge >= 0.3 is 0 Å². The first kappa shape index (κ1) is 12.0. The van der Waals surface area contributed by atoms with Gasteiger partial charge in [-0.1, -0.05) is 36.4 Å². The Labute approximate surface area is 113 Å². The molecule has 2 aromatic carbocycles. The number of benzene rings is 2. The zero-order valence-electron chi connectivity index (χ0n) is 10.9. The Morgan fingerprint density at radius 2 is 1.95 bits per heavy atom. The van der Waals surface area contributed by atoms with E-state index in [1.807, 2.05) is 42.5 Å². The predicted octanol–water partition coefficient (Wildman–Crippen LogP) is 3.61. The molecule has 0 amide bonds. The first-order chi connectivity index (χ1) is 9.29. The van der Waals surface area contributed by atoms with Gasteiger partial charge in [0.15, 0.2) is 5.78 Å². The van der Waals surface area contributed by atoms with Gasteiger partial charge in [0.1, 0.15) is 5.75 Å². The molecule has 0 bridgehead atoms. The van der Waals surface area contributed by atoms with Crippen LogP contribution in [0.1, 0.15) is 33.8 Å². The number of carbonyl (C=O) groups is 1. The number of fused-ring (bicyclic) bond motifs is 1. The number of hydrogen-bond donors (Lipinski definition) is 0. The second-order valence-electron chi connectivity index (χ2n) is 4.89. The molecule has 0 saturated heterocycles. The molecule has 0 saturated carbocycles. The van der Waals surface area contributed by atoms with E-state index in [1.165, 1.54) is 5.56 Å². The fraction of sp³-hybridized carbons (Fsp3) is 0.235. The normalized spacial score (nSPS) is 17.9. The summed E-state index contributed by atoms with van der Waals surface area (Å²) in [6.07, 6.45) is 1.84. The maximum Gasteiger partial charge on any atom is 0.170 e. The van der Waals surface area contributed by atoms with Crippen LogP contribution < -0.4 is 4.74 Å². The average molecular weight is 252 g/mol. The summed E-state index contributed by atoms with van der Waals surface area (Å²) in [5.41, 5.74) is 3.10. The number of ketones is 1. The van der Waals surface area contributed by atoms with Crippen molar-refractivity contribution < 1.29 is 9.53 Å². The van der Waals surface area contributed by atoms with Crippen LogP contribution in [0.4, 0.5) is 0 Å². The van der Waals surface area contributed by atoms with E-state index >= 15 is 0 Å². The highest BCUT2D eigenvalue weighted by Crippen LogP contribution is 2.33. The van der Waals surface area contributed by atoms with Crippen LogP contribution in [0.2, 0.25) is 0 Å². The summed E-state index contributed by atoms with van der Waals surface area (Å²) in [4.78, 5) is 12.6. The van der Waals surface area contributed by atoms with Gasteiger partial charge < -0.3 is 4.74 Å². The standard InChI is InChI=1S/C17H16O2/c1-19-14-7-4-6-13(11-14)16-10-9-12-5-2-3-8-15(12)17(16)18/h2-8,11,16H,9-10H2,1H3. The van der Waals surface area contributed by atoms with Crippen LogP contribution in [0.25, 0.3) is 0 Å². The number of hydrogen-bond acceptors (Lipinski definition) is 2. The lowest BCUT2D eigenvalue weighted by molar-refractivity contribution is 0.0946. The van der Waals surface area contributed by atoms with Gasteiger partial charge in [-0.25, -0.2) is 0 Å². The minimum Gasteiger partial charge on any atom is -0.497 e. The van der Waals surface area contributed by atoms with E-state index in [0.717, 1.165) is 29.7 Å². The molecule has 0 aliphatic heterocycles. The van der Waals surface area contributed by atoms with E-state index < -0.39 is 0 Å². The topological polar surface area (TPSA) is 26.3 Å². The van der Waals surface area contributed by atoms with Crippen molar-refractivity contribution in [3.05, 3.63) is 65.2 Å². The first-order valence-corrected chi connectivity index (χ1v) is 6.55. The van der Waals surface area contributed by atoms with Crippen LogP contribution >= 0.6 is 0 Å². The molecule has 96 valence electrons. The fourth-order valence-corrected chi connectivity index (χ4v) is 2.77. The Bertz CT molecular complexity index is 616. The van der Waals surface area contributed by atoms with Gasteiger partial charge in [0.25, 0.3) is 0 Å². The molecule has 2 nitrogen and oxygen atoms in total. The highest BCUT2D eigenvalue weighted by atomic mass is 16.5. The lowest BCUT2D eigenvalue weighted by atomic mass is 9.79. The smallest absolute Gasteiger partial charge is 0.170 e. The number of aryl methyl sites for hydroxylation is 1. The minimum absolute atomic E-state index is 0.0370. The highest BCUT2D eigenvalue weighted by molar-refractivity contribution is 6.03. The highest BCUT2D eigenvalue weighted by Gasteiger charge is 2.28. The molecule has 0 aromatic heterocycles. The summed E-state index contributed by atoms with van der Waals surface area (Å²) in [6.45, 7) is 0. The van der Waals surface area contributed by atoms with E-state index in [1.54, 1.807) is 7.11 Å². The van der Waals surface area contributed by atoms with Gasteiger partial charge in [-0.15, -0.1) is 0 Å². The monoisotopic (exact) mass is 252 g/mol. The third-order valence-corrected chi connectivity index (χ3v) is 3.80. The van der Waals surface area contributed by atoms with Crippen molar-refractivity contribution in [3.63, 3.8) is 0 Å². The van der Waals surface area contributed by atoms with Crippen molar-refractivity contribution in [1.29, 1.82) is 0 Å². The lowest BCUT2D eigenvalue weighted by Crippen LogP contribution is -2.20. The Kier molecular flexibility index (Phi) is 3.08. The molecule has 1 unspecified atom stereocenters. The zero-order chi connectivity index (χ0) is 13.2. The summed E-state index contributed by atoms with van der Waals surface area (Å²) in [6, 6.07) is 15.8. The van der Waals surface area contributed by atoms with Gasteiger partial charge in [0.05, 0.1) is 7.11 Å². The van der Waals surface area contributed by atoms with Crippen molar-refractivity contribution in [1.82, 2.24) is 0 Å². The summed E-state index contributed by atoms with van der Waals surface area (Å²) in [7, 11) is 1.65. The number of rotatable bonds is 2. The number of Topliss-reactive ketones (excluding diaryl/α,β-unsaturated/α-hetero) is 1. The summed E-state index contributed by atoms with van der Waals surface area (Å²) >= 11 is 0. The number of methoxy groups -OCH3 is 1. The molecule has 19 heavy (non-hydrogen) atoms. The van der Waals surface area contributed by atoms with E-state index in [0.29, 0.717) is 0 Å². The van der Waals surface area contributed by atoms with Crippen molar-refractivity contribution in [2.75, 3.05) is 7.11 Å². The van der Waals surface area contributed by atoms with Crippen molar-refractivity contribution in [2.24, 2.45) is 0 Å². The summed E-state index contributed by atoms with van der Waals surface area (Å²) in [5.74, 6) is 1.00. The molecule has 2 heteroatoms. The van der Waals surface area contributed by atoms with E-state index in [-0.39, 0.29) is 11.7 Å². The van der Waals surface area contributed by atoms with Crippen LogP contribution in [-0.2, 0) is 6.42 Å². The maximum atomic E-state index is 12.6. The molecule has 0 radical (unpaired) electrons. The molecular formula is C17H16O2. The van der Waals surface area contributed by atoms with Crippen molar-refractivity contribution in [3.8, 4) is 5.75 Å². The number of carbonyl (C=O) groups excluding carboxylic acids is 1. The van der Waals surface area contributed by atoms with E-state index in [9.17, 15) is 4.79 Å². The lowest BCUT2D eigenvalue weighted by Gasteiger charge is -2.23. The van der Waals surface area contributed by atoms with Gasteiger partial charge in [-0.3, -0.25) is 4.79 Å². The third kappa shape index (κ3) is 2.14. The third-order valence-electron chi connectivity index (χ3n) is 3.80. The Morgan fingerprint density at radius 3 is 2.79 bits per heavy atom. The molecule has 1 aliphatic carbocycles. The Morgan fingerprint density at radius 1 is 1.11 bits per heavy atom. The van der Waals surface area contributed by atoms with E-state index in [4.69, 9.17) is 4.74 Å². The largest absolute Gasteiger partial charge is 0.497 e. The minimum atomic E-state index is -0.0370. The molecule has 0 heterocycles. The van der Waals surface area contributed by atoms with Gasteiger partial charge in [-0.05, 0) is 36.1 Å². The SMILES string of the molecule is COc1cccc(C2CCc3ccccc3C2=O)c1.